The Balaban J connectivity index is 2.09. The van der Waals surface area contributed by atoms with Crippen LogP contribution in [0.25, 0.3) is 0 Å². The zero-order chi connectivity index (χ0) is 8.72. The minimum atomic E-state index is 0.242. The second-order valence-corrected chi connectivity index (χ2v) is 4.61. The first-order valence-electron chi connectivity index (χ1n) is 4.37. The van der Waals surface area contributed by atoms with Gasteiger partial charge in [0.2, 0.25) is 0 Å². The summed E-state index contributed by atoms with van der Waals surface area (Å²) in [4.78, 5) is 1.25. The van der Waals surface area contributed by atoms with Crippen molar-refractivity contribution in [3.8, 4) is 0 Å². The molecule has 0 aliphatic heterocycles. The maximum Gasteiger partial charge on any atom is 0.0514 e. The fourth-order valence-electron chi connectivity index (χ4n) is 1.60. The van der Waals surface area contributed by atoms with E-state index in [1.165, 1.54) is 11.3 Å². The predicted molar refractivity (Wildman–Crippen MR) is 51.1 cm³/mol. The van der Waals surface area contributed by atoms with Gasteiger partial charge >= 0.3 is 0 Å². The largest absolute Gasteiger partial charge is 0.323 e. The first-order valence-corrected chi connectivity index (χ1v) is 5.14. The lowest BCUT2D eigenvalue weighted by atomic mass is 10.1. The maximum atomic E-state index is 6.07. The van der Waals surface area contributed by atoms with Crippen LogP contribution in [-0.4, -0.2) is 4.37 Å². The predicted octanol–water partition coefficient (Wildman–Crippen LogP) is 2.11. The van der Waals surface area contributed by atoms with Crippen LogP contribution in [0.3, 0.4) is 0 Å². The van der Waals surface area contributed by atoms with Gasteiger partial charge in [0, 0.05) is 10.9 Å². The lowest BCUT2D eigenvalue weighted by Crippen LogP contribution is -2.11. The molecule has 1 heterocycles. The van der Waals surface area contributed by atoms with E-state index in [4.69, 9.17) is 5.73 Å². The maximum absolute atomic E-state index is 6.07. The van der Waals surface area contributed by atoms with Crippen LogP contribution in [0, 0.1) is 18.8 Å². The van der Waals surface area contributed by atoms with Gasteiger partial charge in [-0.3, -0.25) is 0 Å². The molecule has 1 saturated carbocycles. The van der Waals surface area contributed by atoms with Crippen LogP contribution in [-0.2, 0) is 0 Å². The van der Waals surface area contributed by atoms with Gasteiger partial charge in [0.05, 0.1) is 5.69 Å². The van der Waals surface area contributed by atoms with Crippen LogP contribution in [0.4, 0.5) is 0 Å². The Labute approximate surface area is 77.0 Å². The second kappa shape index (κ2) is 2.82. The third kappa shape index (κ3) is 1.39. The zero-order valence-electron chi connectivity index (χ0n) is 7.45. The summed E-state index contributed by atoms with van der Waals surface area (Å²) in [7, 11) is 0. The van der Waals surface area contributed by atoms with E-state index < -0.39 is 0 Å². The van der Waals surface area contributed by atoms with E-state index >= 15 is 0 Å². The first kappa shape index (κ1) is 8.20. The summed E-state index contributed by atoms with van der Waals surface area (Å²) >= 11 is 1.55. The summed E-state index contributed by atoms with van der Waals surface area (Å²) in [6, 6.07) is 2.35. The molecule has 0 saturated heterocycles. The minimum absolute atomic E-state index is 0.242. The molecule has 66 valence electrons. The molecule has 0 bridgehead atoms. The summed E-state index contributed by atoms with van der Waals surface area (Å²) in [6.07, 6.45) is 1.29. The molecule has 0 spiro atoms. The van der Waals surface area contributed by atoms with Crippen molar-refractivity contribution >= 4 is 11.5 Å². The van der Waals surface area contributed by atoms with Gasteiger partial charge < -0.3 is 5.73 Å². The van der Waals surface area contributed by atoms with E-state index in [1.54, 1.807) is 11.5 Å². The summed E-state index contributed by atoms with van der Waals surface area (Å²) in [5, 5.41) is 0. The Bertz CT molecular complexity index is 282. The van der Waals surface area contributed by atoms with Gasteiger partial charge in [-0.1, -0.05) is 6.92 Å². The normalized spacial score (nSPS) is 30.2. The zero-order valence-corrected chi connectivity index (χ0v) is 8.27. The highest BCUT2D eigenvalue weighted by molar-refractivity contribution is 7.05. The number of rotatable bonds is 2. The van der Waals surface area contributed by atoms with Gasteiger partial charge in [0.25, 0.3) is 0 Å². The van der Waals surface area contributed by atoms with Crippen LogP contribution in [0.2, 0.25) is 0 Å². The molecule has 0 amide bonds. The van der Waals surface area contributed by atoms with Crippen molar-refractivity contribution in [2.75, 3.05) is 0 Å². The Morgan fingerprint density at radius 3 is 2.83 bits per heavy atom. The van der Waals surface area contributed by atoms with Crippen molar-refractivity contribution in [2.24, 2.45) is 17.6 Å². The van der Waals surface area contributed by atoms with E-state index in [9.17, 15) is 0 Å². The highest BCUT2D eigenvalue weighted by atomic mass is 32.1. The van der Waals surface area contributed by atoms with Crippen LogP contribution in [0.15, 0.2) is 6.07 Å². The van der Waals surface area contributed by atoms with Gasteiger partial charge in [-0.25, -0.2) is 0 Å². The number of aryl methyl sites for hydroxylation is 1. The lowest BCUT2D eigenvalue weighted by molar-refractivity contribution is 0.602. The van der Waals surface area contributed by atoms with Gasteiger partial charge in [-0.2, -0.15) is 4.37 Å². The summed E-state index contributed by atoms with van der Waals surface area (Å²) in [6.45, 7) is 4.28. The Morgan fingerprint density at radius 2 is 2.42 bits per heavy atom. The molecule has 2 N–H and O–H groups in total. The molecule has 0 radical (unpaired) electrons. The second-order valence-electron chi connectivity index (χ2n) is 3.77. The summed E-state index contributed by atoms with van der Waals surface area (Å²) in [5.74, 6) is 1.53. The van der Waals surface area contributed by atoms with Gasteiger partial charge in [-0.05, 0) is 42.8 Å². The third-order valence-corrected chi connectivity index (χ3v) is 3.59. The SMILES string of the molecule is Cc1cc(C(N)C2CC2C)sn1. The molecule has 3 unspecified atom stereocenters. The van der Waals surface area contributed by atoms with E-state index in [1.807, 2.05) is 6.92 Å². The van der Waals surface area contributed by atoms with Crippen molar-refractivity contribution < 1.29 is 0 Å². The highest BCUT2D eigenvalue weighted by Gasteiger charge is 2.38. The number of aromatic nitrogens is 1. The molecule has 12 heavy (non-hydrogen) atoms. The molecule has 1 aromatic heterocycles. The van der Waals surface area contributed by atoms with E-state index in [0.29, 0.717) is 5.92 Å². The molecule has 3 atom stereocenters. The molecule has 1 aliphatic rings. The molecular formula is C9H14N2S. The molecule has 1 aromatic rings. The van der Waals surface area contributed by atoms with E-state index in [-0.39, 0.29) is 6.04 Å². The van der Waals surface area contributed by atoms with Crippen LogP contribution >= 0.6 is 11.5 Å². The number of nitrogens with two attached hydrogens (primary N) is 1. The monoisotopic (exact) mass is 182 g/mol. The van der Waals surface area contributed by atoms with E-state index in [2.05, 4.69) is 17.4 Å². The number of hydrogen-bond acceptors (Lipinski definition) is 3. The average molecular weight is 182 g/mol. The Hall–Kier alpha value is -0.410. The highest BCUT2D eigenvalue weighted by Crippen LogP contribution is 2.46. The Kier molecular flexibility index (Phi) is 1.93. The molecule has 1 fully saturated rings. The fraction of sp³-hybridized carbons (Fsp3) is 0.667. The Morgan fingerprint density at radius 1 is 1.75 bits per heavy atom. The van der Waals surface area contributed by atoms with Crippen LogP contribution < -0.4 is 5.73 Å². The van der Waals surface area contributed by atoms with Crippen LogP contribution in [0.5, 0.6) is 0 Å². The minimum Gasteiger partial charge on any atom is -0.323 e. The number of hydrogen-bond donors (Lipinski definition) is 1. The molecule has 3 heteroatoms. The molecule has 2 rings (SSSR count). The van der Waals surface area contributed by atoms with Crippen molar-refractivity contribution in [3.05, 3.63) is 16.6 Å². The van der Waals surface area contributed by atoms with Gasteiger partial charge in [0.1, 0.15) is 0 Å². The van der Waals surface area contributed by atoms with Crippen molar-refractivity contribution in [2.45, 2.75) is 26.3 Å². The number of nitrogens with zero attached hydrogens (tertiary/aromatic N) is 1. The quantitative estimate of drug-likeness (QED) is 0.760. The molecule has 1 aliphatic carbocycles. The molecule has 0 aromatic carbocycles. The van der Waals surface area contributed by atoms with Crippen molar-refractivity contribution in [1.82, 2.24) is 4.37 Å². The topological polar surface area (TPSA) is 38.9 Å². The smallest absolute Gasteiger partial charge is 0.0514 e. The van der Waals surface area contributed by atoms with Gasteiger partial charge in [0.15, 0.2) is 0 Å². The van der Waals surface area contributed by atoms with Crippen molar-refractivity contribution in [3.63, 3.8) is 0 Å². The lowest BCUT2D eigenvalue weighted by Gasteiger charge is -2.05. The standard InChI is InChI=1S/C9H14N2S/c1-5-3-7(5)9(10)8-4-6(2)11-12-8/h4-5,7,9H,3,10H2,1-2H3. The first-order chi connectivity index (χ1) is 5.68. The van der Waals surface area contributed by atoms with Gasteiger partial charge in [-0.15, -0.1) is 0 Å². The van der Waals surface area contributed by atoms with Crippen LogP contribution in [0.1, 0.15) is 30.0 Å². The summed E-state index contributed by atoms with van der Waals surface area (Å²) < 4.78 is 4.23. The summed E-state index contributed by atoms with van der Waals surface area (Å²) in [5.41, 5.74) is 7.17. The fourth-order valence-corrected chi connectivity index (χ4v) is 2.42. The van der Waals surface area contributed by atoms with Crippen molar-refractivity contribution in [1.29, 1.82) is 0 Å². The average Bonchev–Trinajstić information content (AvgIpc) is 2.58. The van der Waals surface area contributed by atoms with E-state index in [0.717, 1.165) is 11.6 Å². The molecular weight excluding hydrogens is 168 g/mol. The third-order valence-electron chi connectivity index (χ3n) is 2.61. The molecule has 2 nitrogen and oxygen atoms in total.